The third kappa shape index (κ3) is 3.86. The summed E-state index contributed by atoms with van der Waals surface area (Å²) in [7, 11) is 0. The summed E-state index contributed by atoms with van der Waals surface area (Å²) < 4.78 is 1.69. The molecule has 0 radical (unpaired) electrons. The Labute approximate surface area is 153 Å². The highest BCUT2D eigenvalue weighted by Gasteiger charge is 2.28. The van der Waals surface area contributed by atoms with Crippen LogP contribution in [0.2, 0.25) is 0 Å². The molecular weight excluding hydrogens is 328 g/mol. The Morgan fingerprint density at radius 1 is 1.04 bits per heavy atom. The van der Waals surface area contributed by atoms with Gasteiger partial charge in [-0.3, -0.25) is 4.79 Å². The molecule has 1 saturated heterocycles. The normalized spacial score (nSPS) is 21.5. The van der Waals surface area contributed by atoms with E-state index in [1.54, 1.807) is 10.9 Å². The second-order valence-corrected chi connectivity index (χ2v) is 7.33. The highest BCUT2D eigenvalue weighted by Crippen LogP contribution is 2.23. The van der Waals surface area contributed by atoms with Gasteiger partial charge in [0.1, 0.15) is 0 Å². The SMILES string of the molecule is O=C(NC1CCCCC1)C1CCCN(c2ccc(-n3cccn3)nn2)C1. The minimum atomic E-state index is 0.0401. The van der Waals surface area contributed by atoms with Crippen molar-refractivity contribution in [2.75, 3.05) is 18.0 Å². The molecule has 3 heterocycles. The van der Waals surface area contributed by atoms with Crippen LogP contribution in [0, 0.1) is 5.92 Å². The molecular formula is C19H26N6O. The molecule has 26 heavy (non-hydrogen) atoms. The maximum Gasteiger partial charge on any atom is 0.225 e. The molecule has 1 amide bonds. The molecule has 2 aromatic heterocycles. The van der Waals surface area contributed by atoms with E-state index in [9.17, 15) is 4.79 Å². The fourth-order valence-corrected chi connectivity index (χ4v) is 3.98. The molecule has 4 rings (SSSR count). The topological polar surface area (TPSA) is 75.9 Å². The molecule has 0 bridgehead atoms. The molecule has 7 heteroatoms. The average Bonchev–Trinajstić information content (AvgIpc) is 3.24. The largest absolute Gasteiger partial charge is 0.354 e. The zero-order valence-corrected chi connectivity index (χ0v) is 15.0. The van der Waals surface area contributed by atoms with Crippen molar-refractivity contribution < 1.29 is 4.79 Å². The summed E-state index contributed by atoms with van der Waals surface area (Å²) in [4.78, 5) is 14.8. The van der Waals surface area contributed by atoms with Crippen LogP contribution in [0.5, 0.6) is 0 Å². The quantitative estimate of drug-likeness (QED) is 0.912. The Morgan fingerprint density at radius 3 is 2.58 bits per heavy atom. The standard InChI is InChI=1S/C19H26N6O/c26-19(21-16-7-2-1-3-8-16)15-6-4-12-24(14-15)17-9-10-18(23-22-17)25-13-5-11-20-25/h5,9-11,13,15-16H,1-4,6-8,12,14H2,(H,21,26). The van der Waals surface area contributed by atoms with Crippen LogP contribution in [0.25, 0.3) is 5.82 Å². The Hall–Kier alpha value is -2.44. The van der Waals surface area contributed by atoms with Crippen LogP contribution in [0.3, 0.4) is 0 Å². The molecule has 0 aromatic carbocycles. The van der Waals surface area contributed by atoms with Crippen LogP contribution in [-0.4, -0.2) is 45.0 Å². The number of hydrogen-bond donors (Lipinski definition) is 1. The number of amides is 1. The monoisotopic (exact) mass is 354 g/mol. The highest BCUT2D eigenvalue weighted by atomic mass is 16.2. The van der Waals surface area contributed by atoms with E-state index in [4.69, 9.17) is 0 Å². The Bertz CT molecular complexity index is 708. The minimum Gasteiger partial charge on any atom is -0.354 e. The van der Waals surface area contributed by atoms with Crippen molar-refractivity contribution in [3.05, 3.63) is 30.6 Å². The van der Waals surface area contributed by atoms with Crippen molar-refractivity contribution in [2.24, 2.45) is 5.92 Å². The number of rotatable bonds is 4. The smallest absolute Gasteiger partial charge is 0.225 e. The maximum atomic E-state index is 12.7. The van der Waals surface area contributed by atoms with Crippen LogP contribution in [0.4, 0.5) is 5.82 Å². The van der Waals surface area contributed by atoms with Crippen LogP contribution in [0.1, 0.15) is 44.9 Å². The van der Waals surface area contributed by atoms with Gasteiger partial charge in [0.15, 0.2) is 11.6 Å². The van der Waals surface area contributed by atoms with Crippen molar-refractivity contribution in [2.45, 2.75) is 51.0 Å². The van der Waals surface area contributed by atoms with Crippen LogP contribution in [0.15, 0.2) is 30.6 Å². The second-order valence-electron chi connectivity index (χ2n) is 7.33. The van der Waals surface area contributed by atoms with E-state index >= 15 is 0 Å². The van der Waals surface area contributed by atoms with E-state index in [1.807, 2.05) is 24.4 Å². The number of piperidine rings is 1. The van der Waals surface area contributed by atoms with E-state index < -0.39 is 0 Å². The minimum absolute atomic E-state index is 0.0401. The molecule has 1 N–H and O–H groups in total. The molecule has 7 nitrogen and oxygen atoms in total. The zero-order chi connectivity index (χ0) is 17.8. The van der Waals surface area contributed by atoms with Gasteiger partial charge < -0.3 is 10.2 Å². The van der Waals surface area contributed by atoms with Gasteiger partial charge in [-0.15, -0.1) is 10.2 Å². The Kier molecular flexibility index (Phi) is 5.13. The third-order valence-electron chi connectivity index (χ3n) is 5.44. The summed E-state index contributed by atoms with van der Waals surface area (Å²) in [6, 6.07) is 6.11. The summed E-state index contributed by atoms with van der Waals surface area (Å²) in [6.45, 7) is 1.64. The molecule has 1 unspecified atom stereocenters. The number of carbonyl (C=O) groups excluding carboxylic acids is 1. The summed E-state index contributed by atoms with van der Waals surface area (Å²) in [5.74, 6) is 1.78. The summed E-state index contributed by atoms with van der Waals surface area (Å²) in [6.07, 6.45) is 11.5. The van der Waals surface area contributed by atoms with Gasteiger partial charge in [0.25, 0.3) is 0 Å². The van der Waals surface area contributed by atoms with E-state index in [0.29, 0.717) is 18.4 Å². The van der Waals surface area contributed by atoms with E-state index in [0.717, 1.165) is 38.0 Å². The van der Waals surface area contributed by atoms with Crippen LogP contribution < -0.4 is 10.2 Å². The first kappa shape index (κ1) is 17.0. The molecule has 138 valence electrons. The van der Waals surface area contributed by atoms with Gasteiger partial charge in [-0.1, -0.05) is 19.3 Å². The number of hydrogen-bond acceptors (Lipinski definition) is 5. The van der Waals surface area contributed by atoms with Gasteiger partial charge in [0, 0.05) is 31.5 Å². The lowest BCUT2D eigenvalue weighted by Gasteiger charge is -2.34. The van der Waals surface area contributed by atoms with Gasteiger partial charge in [-0.05, 0) is 43.9 Å². The summed E-state index contributed by atoms with van der Waals surface area (Å²) in [5.41, 5.74) is 0. The number of nitrogens with one attached hydrogen (secondary N) is 1. The number of aromatic nitrogens is 4. The molecule has 2 fully saturated rings. The van der Waals surface area contributed by atoms with Gasteiger partial charge in [-0.2, -0.15) is 5.10 Å². The molecule has 1 aliphatic carbocycles. The van der Waals surface area contributed by atoms with Gasteiger partial charge in [-0.25, -0.2) is 4.68 Å². The number of nitrogens with zero attached hydrogens (tertiary/aromatic N) is 5. The number of carbonyl (C=O) groups is 1. The van der Waals surface area contributed by atoms with E-state index in [2.05, 4.69) is 25.5 Å². The van der Waals surface area contributed by atoms with Crippen molar-refractivity contribution in [3.63, 3.8) is 0 Å². The lowest BCUT2D eigenvalue weighted by atomic mass is 9.93. The lowest BCUT2D eigenvalue weighted by molar-refractivity contribution is -0.126. The van der Waals surface area contributed by atoms with Crippen LogP contribution in [-0.2, 0) is 4.79 Å². The fourth-order valence-electron chi connectivity index (χ4n) is 3.98. The van der Waals surface area contributed by atoms with Crippen molar-refractivity contribution in [1.29, 1.82) is 0 Å². The zero-order valence-electron chi connectivity index (χ0n) is 15.0. The predicted molar refractivity (Wildman–Crippen MR) is 99.1 cm³/mol. The Morgan fingerprint density at radius 2 is 1.85 bits per heavy atom. The second kappa shape index (κ2) is 7.85. The van der Waals surface area contributed by atoms with E-state index in [1.165, 1.54) is 19.3 Å². The van der Waals surface area contributed by atoms with Gasteiger partial charge in [0.2, 0.25) is 5.91 Å². The van der Waals surface area contributed by atoms with Crippen molar-refractivity contribution in [3.8, 4) is 5.82 Å². The molecule has 2 aromatic rings. The van der Waals surface area contributed by atoms with Gasteiger partial charge in [0.05, 0.1) is 5.92 Å². The summed E-state index contributed by atoms with van der Waals surface area (Å²) in [5, 5.41) is 16.1. The van der Waals surface area contributed by atoms with Crippen molar-refractivity contribution in [1.82, 2.24) is 25.3 Å². The Balaban J connectivity index is 1.37. The van der Waals surface area contributed by atoms with Gasteiger partial charge >= 0.3 is 0 Å². The molecule has 1 atom stereocenters. The molecule has 2 aliphatic rings. The summed E-state index contributed by atoms with van der Waals surface area (Å²) >= 11 is 0. The van der Waals surface area contributed by atoms with Crippen LogP contribution >= 0.6 is 0 Å². The third-order valence-corrected chi connectivity index (χ3v) is 5.44. The fraction of sp³-hybridized carbons (Fsp3) is 0.579. The lowest BCUT2D eigenvalue weighted by Crippen LogP contribution is -2.46. The number of anilines is 1. The first-order valence-electron chi connectivity index (χ1n) is 9.69. The first-order chi connectivity index (χ1) is 12.8. The molecule has 0 spiro atoms. The predicted octanol–water partition coefficient (Wildman–Crippen LogP) is 2.33. The molecule has 1 aliphatic heterocycles. The molecule has 1 saturated carbocycles. The maximum absolute atomic E-state index is 12.7. The highest BCUT2D eigenvalue weighted by molar-refractivity contribution is 5.79. The first-order valence-corrected chi connectivity index (χ1v) is 9.69. The van der Waals surface area contributed by atoms with Crippen molar-refractivity contribution >= 4 is 11.7 Å². The average molecular weight is 354 g/mol. The van der Waals surface area contributed by atoms with E-state index in [-0.39, 0.29) is 11.8 Å².